The van der Waals surface area contributed by atoms with E-state index in [1.54, 1.807) is 0 Å². The third-order valence-electron chi connectivity index (χ3n) is 3.49. The minimum absolute atomic E-state index is 0.764. The molecule has 1 aromatic carbocycles. The molecule has 2 aromatic rings. The van der Waals surface area contributed by atoms with Gasteiger partial charge in [-0.3, -0.25) is 0 Å². The van der Waals surface area contributed by atoms with E-state index < -0.39 is 0 Å². The molecule has 0 saturated heterocycles. The molecule has 90 valence electrons. The summed E-state index contributed by atoms with van der Waals surface area (Å²) in [4.78, 5) is 4.62. The summed E-state index contributed by atoms with van der Waals surface area (Å²) in [5.74, 6) is 1.11. The lowest BCUT2D eigenvalue weighted by molar-refractivity contribution is 0.688. The molecule has 1 fully saturated rings. The normalized spacial score (nSPS) is 15.6. The number of fused-ring (bicyclic) bond motifs is 1. The van der Waals surface area contributed by atoms with Gasteiger partial charge in [-0.1, -0.05) is 6.07 Å². The molecular weight excluding hydrogens is 210 g/mol. The Labute approximate surface area is 102 Å². The largest absolute Gasteiger partial charge is 0.329 e. The van der Waals surface area contributed by atoms with E-state index in [0.29, 0.717) is 0 Å². The molecule has 0 radical (unpaired) electrons. The number of rotatable bonds is 4. The van der Waals surface area contributed by atoms with Crippen molar-refractivity contribution < 1.29 is 0 Å². The number of nitrogens with zero attached hydrogens (tertiary/aromatic N) is 2. The van der Waals surface area contributed by atoms with Gasteiger partial charge in [-0.2, -0.15) is 0 Å². The predicted molar refractivity (Wildman–Crippen MR) is 70.0 cm³/mol. The maximum Gasteiger partial charge on any atom is 0.106 e. The van der Waals surface area contributed by atoms with E-state index in [2.05, 4.69) is 46.9 Å². The van der Waals surface area contributed by atoms with Crippen molar-refractivity contribution >= 4 is 11.0 Å². The molecule has 0 bridgehead atoms. The zero-order valence-corrected chi connectivity index (χ0v) is 10.5. The Morgan fingerprint density at radius 1 is 1.41 bits per heavy atom. The number of hydrogen-bond acceptors (Lipinski definition) is 2. The summed E-state index contributed by atoms with van der Waals surface area (Å²) in [6.07, 6.45) is 2.68. The molecule has 1 heterocycles. The molecule has 0 amide bonds. The van der Waals surface area contributed by atoms with Crippen molar-refractivity contribution in [2.45, 2.75) is 45.8 Å². The van der Waals surface area contributed by atoms with Gasteiger partial charge in [-0.05, 0) is 44.4 Å². The van der Waals surface area contributed by atoms with Crippen LogP contribution in [0.1, 0.15) is 31.2 Å². The molecule has 1 aliphatic rings. The van der Waals surface area contributed by atoms with Crippen LogP contribution >= 0.6 is 0 Å². The van der Waals surface area contributed by atoms with E-state index in [1.165, 1.54) is 23.9 Å². The molecule has 17 heavy (non-hydrogen) atoms. The van der Waals surface area contributed by atoms with Crippen molar-refractivity contribution in [3.8, 4) is 0 Å². The topological polar surface area (TPSA) is 29.9 Å². The minimum atomic E-state index is 0.764. The number of benzene rings is 1. The molecule has 1 aromatic heterocycles. The Hall–Kier alpha value is -1.35. The molecule has 0 spiro atoms. The average molecular weight is 229 g/mol. The zero-order valence-electron chi connectivity index (χ0n) is 10.5. The molecule has 3 rings (SSSR count). The number of aromatic nitrogens is 2. The van der Waals surface area contributed by atoms with Crippen LogP contribution in [0.25, 0.3) is 11.0 Å². The monoisotopic (exact) mass is 229 g/mol. The van der Waals surface area contributed by atoms with Crippen LogP contribution in [0.15, 0.2) is 18.2 Å². The van der Waals surface area contributed by atoms with Gasteiger partial charge in [0, 0.05) is 19.1 Å². The van der Waals surface area contributed by atoms with E-state index in [9.17, 15) is 0 Å². The van der Waals surface area contributed by atoms with Gasteiger partial charge in [-0.25, -0.2) is 4.98 Å². The lowest BCUT2D eigenvalue weighted by Crippen LogP contribution is -2.15. The Balaban J connectivity index is 1.89. The van der Waals surface area contributed by atoms with Gasteiger partial charge in [-0.15, -0.1) is 0 Å². The standard InChI is InChI=1S/C14H19N3/c1-3-17-10(2)16-13-8-11(4-7-14(13)17)9-15-12-5-6-12/h4,7-8,12,15H,3,5-6,9H2,1-2H3. The molecule has 3 heteroatoms. The van der Waals surface area contributed by atoms with Crippen LogP contribution in [0, 0.1) is 6.92 Å². The second kappa shape index (κ2) is 4.15. The molecule has 0 aliphatic heterocycles. The highest BCUT2D eigenvalue weighted by atomic mass is 15.1. The molecule has 1 aliphatic carbocycles. The maximum absolute atomic E-state index is 4.62. The highest BCUT2D eigenvalue weighted by Gasteiger charge is 2.20. The van der Waals surface area contributed by atoms with Crippen molar-refractivity contribution in [2.24, 2.45) is 0 Å². The minimum Gasteiger partial charge on any atom is -0.329 e. The first kappa shape index (κ1) is 10.8. The lowest BCUT2D eigenvalue weighted by Gasteiger charge is -2.04. The van der Waals surface area contributed by atoms with E-state index in [0.717, 1.165) is 30.5 Å². The summed E-state index contributed by atoms with van der Waals surface area (Å²) in [5.41, 5.74) is 3.71. The van der Waals surface area contributed by atoms with Crippen molar-refractivity contribution in [1.29, 1.82) is 0 Å². The third-order valence-corrected chi connectivity index (χ3v) is 3.49. The Kier molecular flexibility index (Phi) is 2.63. The third kappa shape index (κ3) is 2.07. The van der Waals surface area contributed by atoms with Crippen molar-refractivity contribution in [3.05, 3.63) is 29.6 Å². The van der Waals surface area contributed by atoms with E-state index in [4.69, 9.17) is 0 Å². The highest BCUT2D eigenvalue weighted by Crippen LogP contribution is 2.21. The number of hydrogen-bond donors (Lipinski definition) is 1. The molecule has 0 unspecified atom stereocenters. The first-order chi connectivity index (χ1) is 8.28. The van der Waals surface area contributed by atoms with Crippen LogP contribution in [0.4, 0.5) is 0 Å². The summed E-state index contributed by atoms with van der Waals surface area (Å²) in [6, 6.07) is 7.39. The van der Waals surface area contributed by atoms with Crippen molar-refractivity contribution in [1.82, 2.24) is 14.9 Å². The van der Waals surface area contributed by atoms with Crippen LogP contribution in [-0.2, 0) is 13.1 Å². The Bertz CT molecular complexity index is 538. The smallest absolute Gasteiger partial charge is 0.106 e. The van der Waals surface area contributed by atoms with Crippen molar-refractivity contribution in [3.63, 3.8) is 0 Å². The lowest BCUT2D eigenvalue weighted by atomic mass is 10.2. The van der Waals surface area contributed by atoms with Gasteiger partial charge >= 0.3 is 0 Å². The van der Waals surface area contributed by atoms with Crippen LogP contribution < -0.4 is 5.32 Å². The first-order valence-electron chi connectivity index (χ1n) is 6.47. The number of aryl methyl sites for hydroxylation is 2. The van der Waals surface area contributed by atoms with Gasteiger partial charge in [0.15, 0.2) is 0 Å². The van der Waals surface area contributed by atoms with Crippen LogP contribution in [0.5, 0.6) is 0 Å². The molecule has 1 saturated carbocycles. The summed E-state index contributed by atoms with van der Waals surface area (Å²) in [6.45, 7) is 6.20. The van der Waals surface area contributed by atoms with Gasteiger partial charge in [0.25, 0.3) is 0 Å². The number of imidazole rings is 1. The highest BCUT2D eigenvalue weighted by molar-refractivity contribution is 5.76. The molecular formula is C14H19N3. The zero-order chi connectivity index (χ0) is 11.8. The maximum atomic E-state index is 4.62. The van der Waals surface area contributed by atoms with Crippen LogP contribution in [-0.4, -0.2) is 15.6 Å². The number of nitrogens with one attached hydrogen (secondary N) is 1. The van der Waals surface area contributed by atoms with Gasteiger partial charge in [0.1, 0.15) is 5.82 Å². The second-order valence-electron chi connectivity index (χ2n) is 4.88. The van der Waals surface area contributed by atoms with Crippen LogP contribution in [0.3, 0.4) is 0 Å². The predicted octanol–water partition coefficient (Wildman–Crippen LogP) is 2.62. The second-order valence-corrected chi connectivity index (χ2v) is 4.88. The quantitative estimate of drug-likeness (QED) is 0.873. The fourth-order valence-electron chi connectivity index (χ4n) is 2.35. The van der Waals surface area contributed by atoms with Gasteiger partial charge < -0.3 is 9.88 Å². The average Bonchev–Trinajstić information content (AvgIpc) is 3.08. The molecule has 0 atom stereocenters. The fourth-order valence-corrected chi connectivity index (χ4v) is 2.35. The van der Waals surface area contributed by atoms with E-state index in [-0.39, 0.29) is 0 Å². The fraction of sp³-hybridized carbons (Fsp3) is 0.500. The first-order valence-corrected chi connectivity index (χ1v) is 6.47. The Morgan fingerprint density at radius 3 is 2.94 bits per heavy atom. The van der Waals surface area contributed by atoms with Crippen LogP contribution in [0.2, 0.25) is 0 Å². The molecule has 3 nitrogen and oxygen atoms in total. The molecule has 1 N–H and O–H groups in total. The summed E-state index contributed by atoms with van der Waals surface area (Å²) >= 11 is 0. The Morgan fingerprint density at radius 2 is 2.24 bits per heavy atom. The van der Waals surface area contributed by atoms with E-state index in [1.807, 2.05) is 0 Å². The SMILES string of the molecule is CCn1c(C)nc2cc(CNC3CC3)ccc21. The van der Waals surface area contributed by atoms with Gasteiger partial charge in [0.05, 0.1) is 11.0 Å². The summed E-state index contributed by atoms with van der Waals surface area (Å²) in [7, 11) is 0. The van der Waals surface area contributed by atoms with E-state index >= 15 is 0 Å². The van der Waals surface area contributed by atoms with Gasteiger partial charge in [0.2, 0.25) is 0 Å². The van der Waals surface area contributed by atoms with Crippen molar-refractivity contribution in [2.75, 3.05) is 0 Å². The summed E-state index contributed by atoms with van der Waals surface area (Å²) < 4.78 is 2.26. The summed E-state index contributed by atoms with van der Waals surface area (Å²) in [5, 5.41) is 3.54.